The van der Waals surface area contributed by atoms with Gasteiger partial charge in [0.25, 0.3) is 5.91 Å². The molecule has 5 heteroatoms. The molecule has 2 aromatic rings. The molecular formula is C18H20N4O. The summed E-state index contributed by atoms with van der Waals surface area (Å²) >= 11 is 0. The van der Waals surface area contributed by atoms with Crippen LogP contribution < -0.4 is 0 Å². The van der Waals surface area contributed by atoms with Gasteiger partial charge in [-0.05, 0) is 43.0 Å². The summed E-state index contributed by atoms with van der Waals surface area (Å²) in [6.45, 7) is 3.52. The number of benzene rings is 1. The van der Waals surface area contributed by atoms with Crippen LogP contribution in [-0.4, -0.2) is 34.0 Å². The van der Waals surface area contributed by atoms with E-state index in [2.05, 4.69) is 15.6 Å². The Labute approximate surface area is 136 Å². The summed E-state index contributed by atoms with van der Waals surface area (Å²) in [4.78, 5) is 18.8. The largest absolute Gasteiger partial charge is 0.341 e. The van der Waals surface area contributed by atoms with Crippen LogP contribution in [0.25, 0.3) is 0 Å². The molecule has 0 unspecified atom stereocenters. The number of aromatic nitrogens is 2. The van der Waals surface area contributed by atoms with E-state index in [9.17, 15) is 4.79 Å². The van der Waals surface area contributed by atoms with Crippen molar-refractivity contribution >= 4 is 5.91 Å². The first-order valence-corrected chi connectivity index (χ1v) is 7.84. The number of hydrogen-bond donors (Lipinski definition) is 0. The topological polar surface area (TPSA) is 61.9 Å². The molecule has 1 aliphatic rings. The van der Waals surface area contributed by atoms with Crippen molar-refractivity contribution in [1.29, 1.82) is 5.26 Å². The first-order valence-electron chi connectivity index (χ1n) is 7.84. The third-order valence-electron chi connectivity index (χ3n) is 4.50. The van der Waals surface area contributed by atoms with E-state index in [4.69, 9.17) is 5.26 Å². The molecule has 0 saturated heterocycles. The summed E-state index contributed by atoms with van der Waals surface area (Å²) in [5.74, 6) is 1.60. The number of rotatable bonds is 3. The third-order valence-corrected chi connectivity index (χ3v) is 4.50. The molecule has 118 valence electrons. The second-order valence-electron chi connectivity index (χ2n) is 6.23. The highest BCUT2D eigenvalue weighted by Crippen LogP contribution is 2.20. The fourth-order valence-corrected chi connectivity index (χ4v) is 3.24. The molecule has 0 saturated carbocycles. The average molecular weight is 308 g/mol. The van der Waals surface area contributed by atoms with Gasteiger partial charge in [-0.2, -0.15) is 5.26 Å². The van der Waals surface area contributed by atoms with Crippen LogP contribution in [0.4, 0.5) is 0 Å². The molecule has 5 nitrogen and oxygen atoms in total. The number of hydrogen-bond acceptors (Lipinski definition) is 3. The maximum Gasteiger partial charge on any atom is 0.253 e. The van der Waals surface area contributed by atoms with Crippen LogP contribution in [0.15, 0.2) is 30.6 Å². The Morgan fingerprint density at radius 2 is 2.35 bits per heavy atom. The van der Waals surface area contributed by atoms with E-state index in [0.29, 0.717) is 17.0 Å². The number of imidazole rings is 1. The number of nitriles is 1. The van der Waals surface area contributed by atoms with Gasteiger partial charge in [0.1, 0.15) is 5.82 Å². The Kier molecular flexibility index (Phi) is 4.16. The second-order valence-corrected chi connectivity index (χ2v) is 6.23. The van der Waals surface area contributed by atoms with Gasteiger partial charge in [-0.1, -0.05) is 0 Å². The molecule has 0 radical (unpaired) electrons. The minimum atomic E-state index is 0.0171. The van der Waals surface area contributed by atoms with Crippen molar-refractivity contribution in [2.45, 2.75) is 26.3 Å². The Hall–Kier alpha value is -2.61. The molecule has 0 spiro atoms. The quantitative estimate of drug-likeness (QED) is 0.874. The summed E-state index contributed by atoms with van der Waals surface area (Å²) in [7, 11) is 1.85. The Morgan fingerprint density at radius 1 is 1.52 bits per heavy atom. The monoisotopic (exact) mass is 308 g/mol. The van der Waals surface area contributed by atoms with Gasteiger partial charge in [0.15, 0.2) is 0 Å². The zero-order valence-corrected chi connectivity index (χ0v) is 13.5. The van der Waals surface area contributed by atoms with Gasteiger partial charge in [-0.25, -0.2) is 4.98 Å². The number of fused-ring (bicyclic) bond motifs is 1. The van der Waals surface area contributed by atoms with E-state index < -0.39 is 0 Å². The zero-order valence-electron chi connectivity index (χ0n) is 13.5. The molecule has 1 amide bonds. The van der Waals surface area contributed by atoms with Gasteiger partial charge in [0, 0.05) is 44.5 Å². The van der Waals surface area contributed by atoms with Crippen molar-refractivity contribution in [1.82, 2.24) is 14.5 Å². The van der Waals surface area contributed by atoms with Crippen LogP contribution in [0.1, 0.15) is 33.7 Å². The lowest BCUT2D eigenvalue weighted by atomic mass is 9.98. The number of carbonyl (C=O) groups is 1. The molecule has 2 heterocycles. The van der Waals surface area contributed by atoms with Gasteiger partial charge in [0.2, 0.25) is 0 Å². The predicted molar refractivity (Wildman–Crippen MR) is 86.9 cm³/mol. The maximum absolute atomic E-state index is 12.7. The summed E-state index contributed by atoms with van der Waals surface area (Å²) in [6.07, 6.45) is 5.87. The van der Waals surface area contributed by atoms with Gasteiger partial charge in [-0.3, -0.25) is 4.79 Å². The molecule has 1 aromatic heterocycles. The predicted octanol–water partition coefficient (Wildman–Crippen LogP) is 2.40. The van der Waals surface area contributed by atoms with Crippen LogP contribution >= 0.6 is 0 Å². The molecule has 1 aliphatic heterocycles. The molecule has 0 aliphatic carbocycles. The minimum absolute atomic E-state index is 0.0171. The lowest BCUT2D eigenvalue weighted by Gasteiger charge is -2.28. The van der Waals surface area contributed by atoms with Gasteiger partial charge in [0.05, 0.1) is 11.6 Å². The van der Waals surface area contributed by atoms with E-state index in [1.807, 2.05) is 26.4 Å². The lowest BCUT2D eigenvalue weighted by Crippen LogP contribution is -2.35. The molecule has 0 fully saturated rings. The number of carbonyl (C=O) groups excluding carboxylic acids is 1. The number of nitrogens with zero attached hydrogens (tertiary/aromatic N) is 4. The highest BCUT2D eigenvalue weighted by Gasteiger charge is 2.23. The van der Waals surface area contributed by atoms with Crippen LogP contribution in [0.5, 0.6) is 0 Å². The van der Waals surface area contributed by atoms with Crippen LogP contribution in [0.3, 0.4) is 0 Å². The summed E-state index contributed by atoms with van der Waals surface area (Å²) in [5.41, 5.74) is 2.11. The zero-order chi connectivity index (χ0) is 16.4. The lowest BCUT2D eigenvalue weighted by molar-refractivity contribution is 0.0760. The molecule has 1 atom stereocenters. The highest BCUT2D eigenvalue weighted by atomic mass is 16.2. The van der Waals surface area contributed by atoms with Gasteiger partial charge < -0.3 is 9.47 Å². The maximum atomic E-state index is 12.7. The fraction of sp³-hybridized carbons (Fsp3) is 0.389. The first kappa shape index (κ1) is 15.3. The minimum Gasteiger partial charge on any atom is -0.341 e. The number of amides is 1. The van der Waals surface area contributed by atoms with E-state index >= 15 is 0 Å². The van der Waals surface area contributed by atoms with Crippen molar-refractivity contribution in [3.63, 3.8) is 0 Å². The molecule has 0 N–H and O–H groups in total. The van der Waals surface area contributed by atoms with Crippen molar-refractivity contribution in [3.8, 4) is 6.07 Å². The molecule has 0 bridgehead atoms. The average Bonchev–Trinajstić information content (AvgIpc) is 3.01. The highest BCUT2D eigenvalue weighted by molar-refractivity contribution is 5.95. The number of aryl methyl sites for hydroxylation is 2. The normalized spacial score (nSPS) is 16.5. The van der Waals surface area contributed by atoms with Crippen LogP contribution in [0.2, 0.25) is 0 Å². The third kappa shape index (κ3) is 3.11. The second kappa shape index (κ2) is 6.25. The SMILES string of the molecule is Cc1cc(C#N)ccc1C(=O)N(C)C[C@@H]1CCc2nccn2C1. The van der Waals surface area contributed by atoms with Crippen LogP contribution in [0, 0.1) is 24.2 Å². The van der Waals surface area contributed by atoms with E-state index in [0.717, 1.165) is 37.3 Å². The van der Waals surface area contributed by atoms with Crippen molar-refractivity contribution in [2.24, 2.45) is 5.92 Å². The van der Waals surface area contributed by atoms with E-state index in [1.54, 1.807) is 23.1 Å². The van der Waals surface area contributed by atoms with E-state index in [-0.39, 0.29) is 5.91 Å². The summed E-state index contributed by atoms with van der Waals surface area (Å²) in [6, 6.07) is 7.32. The Bertz CT molecular complexity index is 772. The molecule has 1 aromatic carbocycles. The van der Waals surface area contributed by atoms with Crippen molar-refractivity contribution in [2.75, 3.05) is 13.6 Å². The molecule has 3 rings (SSSR count). The fourth-order valence-electron chi connectivity index (χ4n) is 3.24. The molecule has 23 heavy (non-hydrogen) atoms. The molecular weight excluding hydrogens is 288 g/mol. The summed E-state index contributed by atoms with van der Waals surface area (Å²) in [5, 5.41) is 8.93. The van der Waals surface area contributed by atoms with Crippen molar-refractivity contribution in [3.05, 3.63) is 53.1 Å². The van der Waals surface area contributed by atoms with Crippen molar-refractivity contribution < 1.29 is 4.79 Å². The Balaban J connectivity index is 1.68. The smallest absolute Gasteiger partial charge is 0.253 e. The van der Waals surface area contributed by atoms with Gasteiger partial charge in [-0.15, -0.1) is 0 Å². The summed E-state index contributed by atoms with van der Waals surface area (Å²) < 4.78 is 2.18. The van der Waals surface area contributed by atoms with Gasteiger partial charge >= 0.3 is 0 Å². The van der Waals surface area contributed by atoms with E-state index in [1.165, 1.54) is 0 Å². The first-order chi connectivity index (χ1) is 11.1. The Morgan fingerprint density at radius 3 is 3.09 bits per heavy atom. The van der Waals surface area contributed by atoms with Crippen LogP contribution in [-0.2, 0) is 13.0 Å². The standard InChI is InChI=1S/C18H20N4O/c1-13-9-14(10-19)3-5-16(13)18(23)21(2)11-15-4-6-17-20-7-8-22(17)12-15/h3,5,7-9,15H,4,6,11-12H2,1-2H3/t15-/m0/s1.